The Morgan fingerprint density at radius 2 is 2.21 bits per heavy atom. The first-order chi connectivity index (χ1) is 6.47. The lowest BCUT2D eigenvalue weighted by atomic mass is 9.90. The molecule has 0 saturated heterocycles. The van der Waals surface area contributed by atoms with E-state index < -0.39 is 5.54 Å². The first kappa shape index (κ1) is 11.2. The van der Waals surface area contributed by atoms with E-state index >= 15 is 0 Å². The predicted molar refractivity (Wildman–Crippen MR) is 60.6 cm³/mol. The highest BCUT2D eigenvalue weighted by atomic mass is 79.9. The topological polar surface area (TPSA) is 49.8 Å². The molecule has 14 heavy (non-hydrogen) atoms. The molecular weight excluding hydrogens is 240 g/mol. The first-order valence-corrected chi connectivity index (χ1v) is 5.19. The van der Waals surface area contributed by atoms with Gasteiger partial charge in [0.25, 0.3) is 0 Å². The van der Waals surface area contributed by atoms with Crippen LogP contribution < -0.4 is 5.73 Å². The maximum atomic E-state index is 8.66. The van der Waals surface area contributed by atoms with Gasteiger partial charge in [0.05, 0.1) is 18.0 Å². The minimum absolute atomic E-state index is 0.314. The van der Waals surface area contributed by atoms with Crippen LogP contribution in [0.2, 0.25) is 0 Å². The van der Waals surface area contributed by atoms with Gasteiger partial charge >= 0.3 is 0 Å². The van der Waals surface area contributed by atoms with Crippen LogP contribution in [0.5, 0.6) is 0 Å². The van der Waals surface area contributed by atoms with Gasteiger partial charge in [-0.25, -0.2) is 0 Å². The average Bonchev–Trinajstić information content (AvgIpc) is 2.02. The normalized spacial score (nSPS) is 14.5. The van der Waals surface area contributed by atoms with E-state index in [1.807, 2.05) is 32.0 Å². The molecule has 0 aliphatic carbocycles. The zero-order chi connectivity index (χ0) is 10.8. The number of aryl methyl sites for hydroxylation is 1. The van der Waals surface area contributed by atoms with Gasteiger partial charge in [-0.15, -0.1) is 0 Å². The molecule has 0 heterocycles. The molecular formula is C11H13BrN2. The molecule has 0 spiro atoms. The molecule has 3 heteroatoms. The largest absolute Gasteiger partial charge is 0.321 e. The van der Waals surface area contributed by atoms with E-state index in [2.05, 4.69) is 22.0 Å². The Bertz CT molecular complexity index is 377. The van der Waals surface area contributed by atoms with Crippen LogP contribution in [0.25, 0.3) is 0 Å². The summed E-state index contributed by atoms with van der Waals surface area (Å²) in [5.74, 6) is 0. The molecule has 0 radical (unpaired) electrons. The van der Waals surface area contributed by atoms with Crippen molar-refractivity contribution in [2.24, 2.45) is 5.73 Å². The highest BCUT2D eigenvalue weighted by Gasteiger charge is 2.23. The fourth-order valence-electron chi connectivity index (χ4n) is 1.34. The molecule has 0 amide bonds. The van der Waals surface area contributed by atoms with Crippen molar-refractivity contribution in [3.63, 3.8) is 0 Å². The predicted octanol–water partition coefficient (Wildman–Crippen LogP) is 2.85. The number of nitrogens with two attached hydrogens (primary N) is 1. The Morgan fingerprint density at radius 3 is 2.71 bits per heavy atom. The van der Waals surface area contributed by atoms with Crippen molar-refractivity contribution >= 4 is 15.9 Å². The van der Waals surface area contributed by atoms with Gasteiger partial charge in [0.2, 0.25) is 0 Å². The van der Waals surface area contributed by atoms with Crippen LogP contribution in [0.1, 0.15) is 24.5 Å². The minimum atomic E-state index is -0.582. The summed E-state index contributed by atoms with van der Waals surface area (Å²) in [6.07, 6.45) is 0.314. The van der Waals surface area contributed by atoms with Crippen LogP contribution in [0.3, 0.4) is 0 Å². The van der Waals surface area contributed by atoms with Gasteiger partial charge in [-0.05, 0) is 31.0 Å². The molecule has 1 rings (SSSR count). The SMILES string of the molecule is Cc1ccc(C(C)(N)CC#N)c(Br)c1. The summed E-state index contributed by atoms with van der Waals surface area (Å²) in [7, 11) is 0. The molecule has 0 saturated carbocycles. The third kappa shape index (κ3) is 2.34. The van der Waals surface area contributed by atoms with Crippen molar-refractivity contribution in [2.45, 2.75) is 25.8 Å². The fourth-order valence-corrected chi connectivity index (χ4v) is 2.29. The van der Waals surface area contributed by atoms with Crippen LogP contribution in [0, 0.1) is 18.3 Å². The van der Waals surface area contributed by atoms with E-state index in [1.54, 1.807) is 0 Å². The van der Waals surface area contributed by atoms with E-state index in [9.17, 15) is 0 Å². The molecule has 0 aliphatic rings. The zero-order valence-electron chi connectivity index (χ0n) is 8.34. The highest BCUT2D eigenvalue weighted by Crippen LogP contribution is 2.29. The van der Waals surface area contributed by atoms with E-state index in [0.29, 0.717) is 6.42 Å². The molecule has 0 bridgehead atoms. The van der Waals surface area contributed by atoms with E-state index in [1.165, 1.54) is 5.56 Å². The summed E-state index contributed by atoms with van der Waals surface area (Å²) >= 11 is 3.46. The van der Waals surface area contributed by atoms with Crippen molar-refractivity contribution in [1.29, 1.82) is 5.26 Å². The van der Waals surface area contributed by atoms with Crippen molar-refractivity contribution in [3.05, 3.63) is 33.8 Å². The molecule has 1 unspecified atom stereocenters. The Hall–Kier alpha value is -0.850. The van der Waals surface area contributed by atoms with Gasteiger partial charge in [-0.1, -0.05) is 28.1 Å². The number of benzene rings is 1. The number of halogens is 1. The Balaban J connectivity index is 3.14. The molecule has 2 nitrogen and oxygen atoms in total. The van der Waals surface area contributed by atoms with Crippen LogP contribution in [0.15, 0.2) is 22.7 Å². The third-order valence-electron chi connectivity index (χ3n) is 2.19. The fraction of sp³-hybridized carbons (Fsp3) is 0.364. The Kier molecular flexibility index (Phi) is 3.30. The minimum Gasteiger partial charge on any atom is -0.321 e. The maximum absolute atomic E-state index is 8.66. The van der Waals surface area contributed by atoms with Crippen molar-refractivity contribution < 1.29 is 0 Å². The first-order valence-electron chi connectivity index (χ1n) is 4.40. The van der Waals surface area contributed by atoms with Gasteiger partial charge in [-0.3, -0.25) is 0 Å². The summed E-state index contributed by atoms with van der Waals surface area (Å²) in [6, 6.07) is 8.09. The van der Waals surface area contributed by atoms with Gasteiger partial charge in [0, 0.05) is 4.47 Å². The number of hydrogen-bond donors (Lipinski definition) is 1. The molecule has 1 aromatic carbocycles. The summed E-state index contributed by atoms with van der Waals surface area (Å²) in [6.45, 7) is 3.89. The van der Waals surface area contributed by atoms with Crippen LogP contribution in [0.4, 0.5) is 0 Å². The molecule has 0 fully saturated rings. The summed E-state index contributed by atoms with van der Waals surface area (Å²) in [4.78, 5) is 0. The van der Waals surface area contributed by atoms with Gasteiger partial charge in [0.15, 0.2) is 0 Å². The van der Waals surface area contributed by atoms with Crippen molar-refractivity contribution in [2.75, 3.05) is 0 Å². The lowest BCUT2D eigenvalue weighted by Crippen LogP contribution is -2.32. The summed E-state index contributed by atoms with van der Waals surface area (Å²) in [5.41, 5.74) is 7.62. The Morgan fingerprint density at radius 1 is 1.57 bits per heavy atom. The van der Waals surface area contributed by atoms with Gasteiger partial charge in [0.1, 0.15) is 0 Å². The van der Waals surface area contributed by atoms with Crippen molar-refractivity contribution in [1.82, 2.24) is 0 Å². The number of nitrogens with zero attached hydrogens (tertiary/aromatic N) is 1. The number of rotatable bonds is 2. The molecule has 74 valence electrons. The van der Waals surface area contributed by atoms with Crippen LogP contribution in [-0.4, -0.2) is 0 Å². The van der Waals surface area contributed by atoms with Crippen molar-refractivity contribution in [3.8, 4) is 6.07 Å². The quantitative estimate of drug-likeness (QED) is 0.880. The molecule has 0 aromatic heterocycles. The smallest absolute Gasteiger partial charge is 0.0644 e. The van der Waals surface area contributed by atoms with Crippen LogP contribution in [-0.2, 0) is 5.54 Å². The Labute approximate surface area is 92.9 Å². The standard InChI is InChI=1S/C11H13BrN2/c1-8-3-4-9(10(12)7-8)11(2,14)5-6-13/h3-4,7H,5,14H2,1-2H3. The second kappa shape index (κ2) is 4.12. The van der Waals surface area contributed by atoms with Gasteiger partial charge < -0.3 is 5.73 Å². The van der Waals surface area contributed by atoms with Crippen LogP contribution >= 0.6 is 15.9 Å². The van der Waals surface area contributed by atoms with Gasteiger partial charge in [-0.2, -0.15) is 5.26 Å². The maximum Gasteiger partial charge on any atom is 0.0644 e. The summed E-state index contributed by atoms with van der Waals surface area (Å²) < 4.78 is 0.970. The lowest BCUT2D eigenvalue weighted by Gasteiger charge is -2.23. The lowest BCUT2D eigenvalue weighted by molar-refractivity contribution is 0.505. The molecule has 0 aliphatic heterocycles. The second-order valence-corrected chi connectivity index (χ2v) is 4.59. The monoisotopic (exact) mass is 252 g/mol. The number of nitriles is 1. The zero-order valence-corrected chi connectivity index (χ0v) is 9.93. The van der Waals surface area contributed by atoms with E-state index in [4.69, 9.17) is 11.0 Å². The van der Waals surface area contributed by atoms with E-state index in [-0.39, 0.29) is 0 Å². The van der Waals surface area contributed by atoms with E-state index in [0.717, 1.165) is 10.0 Å². The molecule has 2 N–H and O–H groups in total. The summed E-state index contributed by atoms with van der Waals surface area (Å²) in [5, 5.41) is 8.66. The third-order valence-corrected chi connectivity index (χ3v) is 2.84. The molecule has 1 aromatic rings. The number of hydrogen-bond acceptors (Lipinski definition) is 2. The average molecular weight is 253 g/mol. The highest BCUT2D eigenvalue weighted by molar-refractivity contribution is 9.10. The molecule has 1 atom stereocenters. The second-order valence-electron chi connectivity index (χ2n) is 3.74.